The van der Waals surface area contributed by atoms with Crippen molar-refractivity contribution in [2.75, 3.05) is 0 Å². The number of para-hydroxylation sites is 4. The molecule has 10 aromatic carbocycles. The van der Waals surface area contributed by atoms with Crippen molar-refractivity contribution < 1.29 is 45.8 Å². The third-order valence-corrected chi connectivity index (χ3v) is 14.4. The number of benzene rings is 10. The van der Waals surface area contributed by atoms with Crippen molar-refractivity contribution in [1.82, 2.24) is 14.1 Å². The van der Waals surface area contributed by atoms with E-state index in [0.717, 1.165) is 88.4 Å². The van der Waals surface area contributed by atoms with Crippen LogP contribution in [0, 0.1) is 25.3 Å². The number of nitrogens with zero attached hydrogens (tertiary/aromatic N) is 4. The van der Waals surface area contributed by atoms with Crippen LogP contribution in [-0.2, 0) is 26.5 Å². The molecule has 6 nitrogen and oxygen atoms in total. The fourth-order valence-electron chi connectivity index (χ4n) is 10.8. The first-order valence-electron chi connectivity index (χ1n) is 29.4. The first kappa shape index (κ1) is 40.2. The van der Waals surface area contributed by atoms with Gasteiger partial charge in [-0.2, -0.15) is 18.2 Å². The molecule has 0 saturated heterocycles. The number of aryl methyl sites for hydroxylation is 1. The van der Waals surface area contributed by atoms with Gasteiger partial charge in [-0.3, -0.25) is 4.57 Å². The summed E-state index contributed by atoms with van der Waals surface area (Å²) < 4.78 is 87.4. The van der Waals surface area contributed by atoms with Crippen LogP contribution in [-0.4, -0.2) is 14.1 Å². The normalized spacial score (nSPS) is 13.4. The van der Waals surface area contributed by atoms with Crippen molar-refractivity contribution in [3.8, 4) is 73.2 Å². The van der Waals surface area contributed by atoms with Crippen LogP contribution in [0.5, 0.6) is 11.5 Å². The van der Waals surface area contributed by atoms with E-state index in [1.165, 1.54) is 12.3 Å². The molecule has 378 valence electrons. The molecular weight excluding hydrogens is 1140 g/mol. The number of imidazole rings is 1. The van der Waals surface area contributed by atoms with Crippen molar-refractivity contribution in [2.24, 2.45) is 0 Å². The van der Waals surface area contributed by atoms with E-state index in [1.54, 1.807) is 4.57 Å². The van der Waals surface area contributed by atoms with Crippen molar-refractivity contribution in [1.29, 1.82) is 0 Å². The van der Waals surface area contributed by atoms with Crippen LogP contribution in [0.15, 0.2) is 235 Å². The Morgan fingerprint density at radius 1 is 0.577 bits per heavy atom. The molecule has 14 aromatic rings. The van der Waals surface area contributed by atoms with Crippen LogP contribution in [0.3, 0.4) is 0 Å². The molecule has 0 N–H and O–H groups in total. The van der Waals surface area contributed by atoms with E-state index in [0.29, 0.717) is 28.2 Å². The quantitative estimate of drug-likeness (QED) is 0.107. The Kier molecular flexibility index (Phi) is 10.0. The van der Waals surface area contributed by atoms with Gasteiger partial charge in [0, 0.05) is 70.3 Å². The second-order valence-corrected chi connectivity index (χ2v) is 20.2. The minimum atomic E-state index is -2.76. The molecule has 4 aromatic heterocycles. The van der Waals surface area contributed by atoms with Gasteiger partial charge in [0.1, 0.15) is 17.0 Å². The van der Waals surface area contributed by atoms with Gasteiger partial charge in [0.05, 0.1) is 23.6 Å². The molecule has 0 aliphatic carbocycles. The molecular formula is C71H50N4O2Pt-2. The summed E-state index contributed by atoms with van der Waals surface area (Å²) in [5.41, 5.74) is 12.9. The van der Waals surface area contributed by atoms with Crippen molar-refractivity contribution in [2.45, 2.75) is 33.0 Å². The van der Waals surface area contributed by atoms with E-state index in [1.807, 2.05) is 83.4 Å². The zero-order valence-electron chi connectivity index (χ0n) is 50.5. The molecule has 14 rings (SSSR count). The standard InChI is InChI=1S/C71H50N4O2.Pt/c1-46-38-68(72-44-61(46)49-24-12-7-13-25-49)75-63-31-15-14-28-56(63)57-36-35-54(43-66(57)75)76-53-27-18-26-52(42-53)73-45-74(65-33-17-16-32-64(65)73)69-55(29-19-30-62(69)71(2,3)4)51-40-58(48-22-10-6-11-23-48)70-60(41-51)59-39-50(34-37-67(59)77-70)47-20-8-5-9-21-47;/h5-41,44H,1-4H3;/q-2;/i1D3,7D,12D,13D,24D,25D;. The number of ether oxygens (including phenoxy) is 1. The summed E-state index contributed by atoms with van der Waals surface area (Å²) in [4.78, 5) is 4.73. The number of hydrogen-bond acceptors (Lipinski definition) is 3. The van der Waals surface area contributed by atoms with Gasteiger partial charge in [0.25, 0.3) is 6.33 Å². The van der Waals surface area contributed by atoms with Gasteiger partial charge >= 0.3 is 0 Å². The number of furan rings is 1. The third-order valence-electron chi connectivity index (χ3n) is 14.4. The summed E-state index contributed by atoms with van der Waals surface area (Å²) in [7, 11) is 0. The van der Waals surface area contributed by atoms with Crippen molar-refractivity contribution in [3.63, 3.8) is 0 Å². The molecule has 0 unspecified atom stereocenters. The minimum absolute atomic E-state index is 0. The predicted octanol–water partition coefficient (Wildman–Crippen LogP) is 17.8. The molecule has 0 bridgehead atoms. The third kappa shape index (κ3) is 8.41. The summed E-state index contributed by atoms with van der Waals surface area (Å²) in [6.07, 6.45) is 5.07. The minimum Gasteiger partial charge on any atom is -0.510 e. The summed E-state index contributed by atoms with van der Waals surface area (Å²) >= 11 is 0. The van der Waals surface area contributed by atoms with Gasteiger partial charge in [-0.15, -0.1) is 29.7 Å². The van der Waals surface area contributed by atoms with Gasteiger partial charge in [-0.25, -0.2) is 4.98 Å². The maximum atomic E-state index is 8.67. The van der Waals surface area contributed by atoms with Crippen LogP contribution in [0.25, 0.3) is 116 Å². The van der Waals surface area contributed by atoms with E-state index in [4.69, 9.17) is 25.1 Å². The van der Waals surface area contributed by atoms with Crippen LogP contribution in [0.2, 0.25) is 0 Å². The second kappa shape index (κ2) is 19.5. The zero-order valence-corrected chi connectivity index (χ0v) is 44.7. The van der Waals surface area contributed by atoms with E-state index in [9.17, 15) is 0 Å². The van der Waals surface area contributed by atoms with Crippen molar-refractivity contribution >= 4 is 54.8 Å². The topological polar surface area (TPSA) is 49.0 Å². The Labute approximate surface area is 478 Å². The maximum Gasteiger partial charge on any atom is 0.268 e. The number of pyridine rings is 1. The van der Waals surface area contributed by atoms with Gasteiger partial charge in [-0.1, -0.05) is 184 Å². The van der Waals surface area contributed by atoms with Crippen LogP contribution in [0.4, 0.5) is 0 Å². The molecule has 0 aliphatic heterocycles. The van der Waals surface area contributed by atoms with Crippen LogP contribution >= 0.6 is 0 Å². The fraction of sp³-hybridized carbons (Fsp3) is 0.0704. The van der Waals surface area contributed by atoms with Gasteiger partial charge in [0.2, 0.25) is 0 Å². The largest absolute Gasteiger partial charge is 0.510 e. The second-order valence-electron chi connectivity index (χ2n) is 20.2. The van der Waals surface area contributed by atoms with Gasteiger partial charge in [0.15, 0.2) is 0 Å². The average Bonchev–Trinajstić information content (AvgIpc) is 1.57. The first-order valence-corrected chi connectivity index (χ1v) is 25.4. The fourth-order valence-corrected chi connectivity index (χ4v) is 10.8. The Bertz CT molecular complexity index is 5000. The Morgan fingerprint density at radius 3 is 2.12 bits per heavy atom. The molecule has 7 heteroatoms. The monoisotopic (exact) mass is 1190 g/mol. The van der Waals surface area contributed by atoms with Gasteiger partial charge in [-0.05, 0) is 104 Å². The zero-order chi connectivity index (χ0) is 58.6. The average molecular weight is 1190 g/mol. The molecule has 78 heavy (non-hydrogen) atoms. The number of aromatic nitrogens is 4. The molecule has 0 saturated carbocycles. The first-order chi connectivity index (χ1) is 41.0. The number of fused-ring (bicyclic) bond motifs is 7. The summed E-state index contributed by atoms with van der Waals surface area (Å²) in [6.45, 7) is 3.94. The molecule has 0 atom stereocenters. The number of hydrogen-bond donors (Lipinski definition) is 0. The summed E-state index contributed by atoms with van der Waals surface area (Å²) in [5.74, 6) is 0.976. The smallest absolute Gasteiger partial charge is 0.268 e. The summed E-state index contributed by atoms with van der Waals surface area (Å²) in [5, 5.41) is 3.69. The maximum absolute atomic E-state index is 8.67. The molecule has 0 spiro atoms. The number of rotatable bonds is 9. The molecule has 0 aliphatic rings. The van der Waals surface area contributed by atoms with Gasteiger partial charge < -0.3 is 18.3 Å². The Morgan fingerprint density at radius 2 is 1.31 bits per heavy atom. The Hall–Kier alpha value is -9.09. The van der Waals surface area contributed by atoms with Crippen molar-refractivity contribution in [3.05, 3.63) is 260 Å². The van der Waals surface area contributed by atoms with E-state index in [2.05, 4.69) is 153 Å². The van der Waals surface area contributed by atoms with E-state index < -0.39 is 37.1 Å². The molecule has 0 fully saturated rings. The SMILES string of the molecule is [2H]c1c([2H])c([2H])c(-c2cnc(-n3c4[c-]c(Oc5[c-]c(-n6[c-][n+](-c7c(-c8cc(-c9ccccc9)c9oc%10ccc(-c%11ccccc%11)cc%10c9c8)cccc7C(C)(C)C)c7ccccc76)ccc5)ccc4c4ccccc43)cc2C([2H])([2H])[2H])c([2H])c1[2H].[Pt]. The van der Waals surface area contributed by atoms with Crippen LogP contribution in [0.1, 0.15) is 42.9 Å². The molecule has 0 amide bonds. The predicted molar refractivity (Wildman–Crippen MR) is 312 cm³/mol. The Balaban J connectivity index is 0.00000686. The summed E-state index contributed by atoms with van der Waals surface area (Å²) in [6, 6.07) is 69.3. The molecule has 4 heterocycles. The van der Waals surface area contributed by atoms with E-state index >= 15 is 0 Å². The van der Waals surface area contributed by atoms with Crippen LogP contribution < -0.4 is 9.30 Å². The van der Waals surface area contributed by atoms with E-state index in [-0.39, 0.29) is 49.0 Å². The molecule has 0 radical (unpaired) electrons.